The van der Waals surface area contributed by atoms with Gasteiger partial charge in [-0.3, -0.25) is 9.59 Å². The van der Waals surface area contributed by atoms with Crippen molar-refractivity contribution in [2.45, 2.75) is 45.3 Å². The van der Waals surface area contributed by atoms with Crippen molar-refractivity contribution in [2.24, 2.45) is 5.73 Å². The fourth-order valence-corrected chi connectivity index (χ4v) is 4.85. The number of aliphatic hydroxyl groups is 1. The molecule has 0 saturated heterocycles. The van der Waals surface area contributed by atoms with Crippen molar-refractivity contribution in [3.05, 3.63) is 62.4 Å². The number of carbonyl (C=O) groups is 2. The molecule has 0 radical (unpaired) electrons. The summed E-state index contributed by atoms with van der Waals surface area (Å²) in [5.74, 6) is -1.68. The third-order valence-corrected chi connectivity index (χ3v) is 6.59. The summed E-state index contributed by atoms with van der Waals surface area (Å²) in [5, 5.41) is 19.7. The van der Waals surface area contributed by atoms with Gasteiger partial charge in [0.2, 0.25) is 0 Å². The summed E-state index contributed by atoms with van der Waals surface area (Å²) in [6, 6.07) is 7.70. The molecule has 1 aromatic carbocycles. The molecule has 3 aromatic rings. The molecule has 34 heavy (non-hydrogen) atoms. The zero-order chi connectivity index (χ0) is 24.2. The SMILES string of the molecule is CC[C@@]1(O)C(=O)OCc2c1cc1n(c2=O)Cc2c-1nc1cccc3c1c2COC3.NCC(=O)O. The maximum atomic E-state index is 13.3. The van der Waals surface area contributed by atoms with E-state index in [0.717, 1.165) is 27.6 Å². The van der Waals surface area contributed by atoms with Gasteiger partial charge in [-0.2, -0.15) is 0 Å². The second-order valence-electron chi connectivity index (χ2n) is 8.42. The van der Waals surface area contributed by atoms with Crippen molar-refractivity contribution in [3.8, 4) is 11.4 Å². The Balaban J connectivity index is 0.000000439. The highest BCUT2D eigenvalue weighted by atomic mass is 16.6. The number of carboxylic acids is 1. The number of carbonyl (C=O) groups excluding carboxylic acids is 1. The number of rotatable bonds is 2. The molecular weight excluding hydrogens is 442 g/mol. The summed E-state index contributed by atoms with van der Waals surface area (Å²) in [7, 11) is 0. The lowest BCUT2D eigenvalue weighted by molar-refractivity contribution is -0.172. The van der Waals surface area contributed by atoms with Crippen LogP contribution in [0, 0.1) is 0 Å². The monoisotopic (exact) mass is 465 g/mol. The molecule has 176 valence electrons. The second-order valence-corrected chi connectivity index (χ2v) is 8.42. The summed E-state index contributed by atoms with van der Waals surface area (Å²) in [6.45, 7) is 2.72. The van der Waals surface area contributed by atoms with Crippen LogP contribution in [0.5, 0.6) is 0 Å². The topological polar surface area (TPSA) is 154 Å². The Morgan fingerprint density at radius 1 is 1.21 bits per heavy atom. The number of nitrogens with zero attached hydrogens (tertiary/aromatic N) is 2. The maximum Gasteiger partial charge on any atom is 0.343 e. The number of nitrogens with two attached hydrogens (primary N) is 1. The number of pyridine rings is 2. The van der Waals surface area contributed by atoms with E-state index in [1.165, 1.54) is 0 Å². The lowest BCUT2D eigenvalue weighted by atomic mass is 9.86. The Bertz CT molecular complexity index is 1430. The molecule has 0 saturated carbocycles. The van der Waals surface area contributed by atoms with Gasteiger partial charge in [-0.25, -0.2) is 9.78 Å². The van der Waals surface area contributed by atoms with E-state index < -0.39 is 17.5 Å². The molecule has 4 N–H and O–H groups in total. The molecule has 0 spiro atoms. The number of benzene rings is 1. The molecule has 10 nitrogen and oxygen atoms in total. The van der Waals surface area contributed by atoms with Crippen LogP contribution in [0.1, 0.15) is 41.2 Å². The van der Waals surface area contributed by atoms with E-state index in [-0.39, 0.29) is 25.1 Å². The van der Waals surface area contributed by atoms with Gasteiger partial charge in [0.25, 0.3) is 5.56 Å². The van der Waals surface area contributed by atoms with Gasteiger partial charge in [0, 0.05) is 16.5 Å². The smallest absolute Gasteiger partial charge is 0.343 e. The van der Waals surface area contributed by atoms with E-state index >= 15 is 0 Å². The van der Waals surface area contributed by atoms with Crippen molar-refractivity contribution in [2.75, 3.05) is 6.54 Å². The van der Waals surface area contributed by atoms with Crippen LogP contribution in [-0.4, -0.2) is 38.2 Å². The van der Waals surface area contributed by atoms with Gasteiger partial charge in [-0.15, -0.1) is 0 Å². The fraction of sp³-hybridized carbons (Fsp3) is 0.333. The molecule has 0 aliphatic carbocycles. The molecule has 0 amide bonds. The van der Waals surface area contributed by atoms with Crippen LogP contribution >= 0.6 is 0 Å². The third kappa shape index (κ3) is 3.14. The highest BCUT2D eigenvalue weighted by molar-refractivity contribution is 5.91. The van der Waals surface area contributed by atoms with Crippen molar-refractivity contribution >= 4 is 22.8 Å². The zero-order valence-electron chi connectivity index (χ0n) is 18.5. The first-order valence-corrected chi connectivity index (χ1v) is 10.9. The number of aliphatic carboxylic acids is 1. The van der Waals surface area contributed by atoms with E-state index in [1.54, 1.807) is 17.6 Å². The molecule has 6 rings (SSSR count). The molecule has 1 atom stereocenters. The van der Waals surface area contributed by atoms with Gasteiger partial charge in [-0.1, -0.05) is 19.1 Å². The molecule has 0 fully saturated rings. The quantitative estimate of drug-likeness (QED) is 0.370. The minimum Gasteiger partial charge on any atom is -0.480 e. The van der Waals surface area contributed by atoms with Gasteiger partial charge >= 0.3 is 11.9 Å². The third-order valence-electron chi connectivity index (χ3n) is 6.59. The fourth-order valence-electron chi connectivity index (χ4n) is 4.85. The minimum atomic E-state index is -1.81. The van der Waals surface area contributed by atoms with E-state index in [2.05, 4.69) is 5.73 Å². The Kier molecular flexibility index (Phi) is 5.23. The Hall–Kier alpha value is -3.60. The summed E-state index contributed by atoms with van der Waals surface area (Å²) in [6.07, 6.45) is 0.127. The molecule has 10 heteroatoms. The first-order chi connectivity index (χ1) is 16.3. The molecule has 0 unspecified atom stereocenters. The summed E-state index contributed by atoms with van der Waals surface area (Å²) in [5.41, 5.74) is 8.51. The number of hydrogen-bond acceptors (Lipinski definition) is 8. The predicted octanol–water partition coefficient (Wildman–Crippen LogP) is 1.14. The predicted molar refractivity (Wildman–Crippen MR) is 120 cm³/mol. The average molecular weight is 465 g/mol. The lowest BCUT2D eigenvalue weighted by Crippen LogP contribution is -2.44. The number of esters is 1. The number of carboxylic acid groups (broad SMARTS) is 1. The normalized spacial score (nSPS) is 19.4. The van der Waals surface area contributed by atoms with Crippen molar-refractivity contribution in [1.29, 1.82) is 0 Å². The molecular formula is C24H23N3O7. The second kappa shape index (κ2) is 8.01. The number of hydrogen-bond donors (Lipinski definition) is 3. The number of cyclic esters (lactones) is 1. The summed E-state index contributed by atoms with van der Waals surface area (Å²) in [4.78, 5) is 39.6. The zero-order valence-corrected chi connectivity index (χ0v) is 18.5. The molecule has 0 bridgehead atoms. The van der Waals surface area contributed by atoms with Crippen LogP contribution in [0.15, 0.2) is 29.1 Å². The van der Waals surface area contributed by atoms with E-state index in [0.29, 0.717) is 42.3 Å². The van der Waals surface area contributed by atoms with Crippen molar-refractivity contribution in [3.63, 3.8) is 0 Å². The van der Waals surface area contributed by atoms with Crippen LogP contribution in [0.25, 0.3) is 22.3 Å². The van der Waals surface area contributed by atoms with Crippen LogP contribution < -0.4 is 11.3 Å². The highest BCUT2D eigenvalue weighted by Gasteiger charge is 2.45. The number of ether oxygens (including phenoxy) is 2. The van der Waals surface area contributed by atoms with Crippen LogP contribution in [0.4, 0.5) is 0 Å². The highest BCUT2D eigenvalue weighted by Crippen LogP contribution is 2.41. The lowest BCUT2D eigenvalue weighted by Gasteiger charge is -2.31. The molecule has 3 aliphatic rings. The van der Waals surface area contributed by atoms with Gasteiger partial charge in [-0.05, 0) is 29.7 Å². The Labute approximate surface area is 193 Å². The first kappa shape index (κ1) is 22.2. The van der Waals surface area contributed by atoms with Crippen LogP contribution in [-0.2, 0) is 51.0 Å². The Morgan fingerprint density at radius 3 is 2.68 bits per heavy atom. The number of fused-ring (bicyclic) bond motifs is 5. The first-order valence-electron chi connectivity index (χ1n) is 10.9. The van der Waals surface area contributed by atoms with Crippen LogP contribution in [0.3, 0.4) is 0 Å². The minimum absolute atomic E-state index is 0.124. The van der Waals surface area contributed by atoms with E-state index in [4.69, 9.17) is 19.6 Å². The standard InChI is InChI=1S/C22H18N2O5.C2H5NO2/c1-2-22(27)15-6-17-19-12(7-24(17)20(25)14(15)10-29-21(22)26)13-9-28-8-11-4-3-5-16(23-19)18(11)13;3-1-2(4)5/h3-6,27H,2,7-10H2,1H3;1,3H2,(H,4,5)/t22-;/m0./s1. The molecule has 5 heterocycles. The van der Waals surface area contributed by atoms with Gasteiger partial charge in [0.1, 0.15) is 6.61 Å². The average Bonchev–Trinajstić information content (AvgIpc) is 3.22. The molecule has 3 aliphatic heterocycles. The molecule has 2 aromatic heterocycles. The number of aromatic nitrogens is 2. The largest absolute Gasteiger partial charge is 0.480 e. The van der Waals surface area contributed by atoms with E-state index in [1.807, 2.05) is 18.2 Å². The van der Waals surface area contributed by atoms with Gasteiger partial charge in [0.05, 0.1) is 48.8 Å². The van der Waals surface area contributed by atoms with Gasteiger partial charge < -0.3 is 30.0 Å². The van der Waals surface area contributed by atoms with Crippen molar-refractivity contribution in [1.82, 2.24) is 9.55 Å². The summed E-state index contributed by atoms with van der Waals surface area (Å²) < 4.78 is 12.6. The van der Waals surface area contributed by atoms with Gasteiger partial charge in [0.15, 0.2) is 5.60 Å². The summed E-state index contributed by atoms with van der Waals surface area (Å²) >= 11 is 0. The van der Waals surface area contributed by atoms with E-state index in [9.17, 15) is 19.5 Å². The maximum absolute atomic E-state index is 13.3. The van der Waals surface area contributed by atoms with Crippen molar-refractivity contribution < 1.29 is 29.3 Å². The van der Waals surface area contributed by atoms with Crippen LogP contribution in [0.2, 0.25) is 0 Å². The Morgan fingerprint density at radius 2 is 1.97 bits per heavy atom.